The molecule has 0 saturated heterocycles. The van der Waals surface area contributed by atoms with Gasteiger partial charge in [-0.05, 0) is 39.6 Å². The predicted molar refractivity (Wildman–Crippen MR) is 153 cm³/mol. The Balaban J connectivity index is 1.55. The fraction of sp³-hybridized carbons (Fsp3) is 0.233. The highest BCUT2D eigenvalue weighted by atomic mass is 16.5. The molecule has 0 saturated carbocycles. The monoisotopic (exact) mass is 541 g/mol. The second-order valence-corrected chi connectivity index (χ2v) is 9.37. The molecule has 0 unspecified atom stereocenters. The summed E-state index contributed by atoms with van der Waals surface area (Å²) in [4.78, 5) is 48.7. The van der Waals surface area contributed by atoms with Crippen molar-refractivity contribution >= 4 is 39.9 Å². The van der Waals surface area contributed by atoms with Gasteiger partial charge in [-0.25, -0.2) is 9.97 Å². The van der Waals surface area contributed by atoms with Gasteiger partial charge in [-0.2, -0.15) is 0 Å². The van der Waals surface area contributed by atoms with Gasteiger partial charge in [-0.3, -0.25) is 14.4 Å². The van der Waals surface area contributed by atoms with Crippen molar-refractivity contribution < 1.29 is 23.9 Å². The van der Waals surface area contributed by atoms with Gasteiger partial charge in [-0.1, -0.05) is 35.9 Å². The molecule has 1 aliphatic rings. The van der Waals surface area contributed by atoms with Gasteiger partial charge in [0.15, 0.2) is 5.76 Å². The summed E-state index contributed by atoms with van der Waals surface area (Å²) < 4.78 is 11.4. The van der Waals surface area contributed by atoms with Gasteiger partial charge in [0, 0.05) is 36.2 Å². The molecule has 0 aliphatic heterocycles. The fourth-order valence-corrected chi connectivity index (χ4v) is 3.94. The minimum atomic E-state index is -0.441. The van der Waals surface area contributed by atoms with E-state index >= 15 is 0 Å². The SMILES string of the molecule is CCOc1cc2ncnc(NC3=CC(=O)C(OCc4cccc(C)c4)=CC3=O)c2cc1NC(=O)/C=C/CN(C)C. The summed E-state index contributed by atoms with van der Waals surface area (Å²) in [6, 6.07) is 11.1. The highest BCUT2D eigenvalue weighted by molar-refractivity contribution is 6.20. The zero-order chi connectivity index (χ0) is 28.6. The number of anilines is 2. The average Bonchev–Trinajstić information content (AvgIpc) is 2.90. The van der Waals surface area contributed by atoms with E-state index in [0.717, 1.165) is 11.1 Å². The second kappa shape index (κ2) is 12.8. The molecule has 0 atom stereocenters. The van der Waals surface area contributed by atoms with Crippen LogP contribution in [0.1, 0.15) is 18.1 Å². The Kier molecular flexibility index (Phi) is 9.03. The third-order valence-corrected chi connectivity index (χ3v) is 5.81. The number of likely N-dealkylation sites (N-methyl/N-ethyl adjacent to an activating group) is 1. The van der Waals surface area contributed by atoms with Gasteiger partial charge in [-0.15, -0.1) is 0 Å². The van der Waals surface area contributed by atoms with E-state index in [4.69, 9.17) is 9.47 Å². The largest absolute Gasteiger partial charge is 0.492 e. The molecule has 2 N–H and O–H groups in total. The summed E-state index contributed by atoms with van der Waals surface area (Å²) >= 11 is 0. The molecule has 10 heteroatoms. The van der Waals surface area contributed by atoms with Crippen molar-refractivity contribution in [2.24, 2.45) is 0 Å². The summed E-state index contributed by atoms with van der Waals surface area (Å²) in [6.45, 7) is 4.96. The molecule has 0 bridgehead atoms. The van der Waals surface area contributed by atoms with E-state index in [1.165, 1.54) is 24.6 Å². The van der Waals surface area contributed by atoms with E-state index in [1.807, 2.05) is 57.1 Å². The Morgan fingerprint density at radius 3 is 2.62 bits per heavy atom. The van der Waals surface area contributed by atoms with Crippen LogP contribution in [0.25, 0.3) is 10.9 Å². The highest BCUT2D eigenvalue weighted by Crippen LogP contribution is 2.33. The molecular formula is C30H31N5O5. The normalized spacial score (nSPS) is 13.4. The summed E-state index contributed by atoms with van der Waals surface area (Å²) in [5, 5.41) is 6.30. The van der Waals surface area contributed by atoms with Crippen LogP contribution < -0.4 is 15.4 Å². The van der Waals surface area contributed by atoms with Crippen molar-refractivity contribution in [1.82, 2.24) is 14.9 Å². The topological polar surface area (TPSA) is 123 Å². The van der Waals surface area contributed by atoms with E-state index < -0.39 is 11.6 Å². The molecule has 0 spiro atoms. The molecule has 0 fully saturated rings. The number of aromatic nitrogens is 2. The maximum absolute atomic E-state index is 12.9. The number of aryl methyl sites for hydroxylation is 1. The van der Waals surface area contributed by atoms with Gasteiger partial charge in [0.25, 0.3) is 0 Å². The van der Waals surface area contributed by atoms with Gasteiger partial charge >= 0.3 is 0 Å². The molecule has 206 valence electrons. The summed E-state index contributed by atoms with van der Waals surface area (Å²) in [7, 11) is 3.81. The average molecular weight is 542 g/mol. The predicted octanol–water partition coefficient (Wildman–Crippen LogP) is 3.94. The van der Waals surface area contributed by atoms with E-state index in [1.54, 1.807) is 18.2 Å². The lowest BCUT2D eigenvalue weighted by molar-refractivity contribution is -0.117. The zero-order valence-corrected chi connectivity index (χ0v) is 22.9. The number of fused-ring (bicyclic) bond motifs is 1. The molecule has 10 nitrogen and oxygen atoms in total. The van der Waals surface area contributed by atoms with Crippen molar-refractivity contribution in [3.8, 4) is 5.75 Å². The Bertz CT molecular complexity index is 1540. The maximum atomic E-state index is 12.9. The first-order valence-corrected chi connectivity index (χ1v) is 12.7. The smallest absolute Gasteiger partial charge is 0.248 e. The fourth-order valence-electron chi connectivity index (χ4n) is 3.94. The molecular weight excluding hydrogens is 510 g/mol. The van der Waals surface area contributed by atoms with Gasteiger partial charge in [0.05, 0.1) is 23.5 Å². The summed E-state index contributed by atoms with van der Waals surface area (Å²) in [5.41, 5.74) is 2.94. The molecule has 2 aromatic carbocycles. The number of nitrogens with zero attached hydrogens (tertiary/aromatic N) is 3. The number of allylic oxidation sites excluding steroid dienone is 2. The van der Waals surface area contributed by atoms with Crippen LogP contribution in [-0.4, -0.2) is 59.6 Å². The number of hydrogen-bond acceptors (Lipinski definition) is 9. The van der Waals surface area contributed by atoms with Crippen LogP contribution in [0.5, 0.6) is 5.75 Å². The lowest BCUT2D eigenvalue weighted by Gasteiger charge is -2.17. The van der Waals surface area contributed by atoms with Crippen molar-refractivity contribution in [3.05, 3.63) is 89.6 Å². The first-order valence-electron chi connectivity index (χ1n) is 12.7. The number of amides is 1. The Labute approximate surface area is 232 Å². The standard InChI is InChI=1S/C30H31N5O5/c1-5-39-27-15-22-21(13-24(27)33-29(38)10-7-11-35(3)4)30(32-18-31-22)34-23-14-26(37)28(16-25(23)36)40-17-20-9-6-8-19(2)12-20/h6-10,12-16,18H,5,11,17H2,1-4H3,(H,33,38)(H,31,32,34)/b10-7+. The number of ether oxygens (including phenoxy) is 2. The molecule has 4 rings (SSSR count). The van der Waals surface area contributed by atoms with Gasteiger partial charge in [0.1, 0.15) is 24.5 Å². The number of hydrogen-bond donors (Lipinski definition) is 2. The zero-order valence-electron chi connectivity index (χ0n) is 22.9. The van der Waals surface area contributed by atoms with Gasteiger partial charge in [0.2, 0.25) is 17.5 Å². The third-order valence-electron chi connectivity index (χ3n) is 5.81. The number of rotatable bonds is 11. The first-order chi connectivity index (χ1) is 19.2. The number of carbonyl (C=O) groups excluding carboxylic acids is 3. The summed E-state index contributed by atoms with van der Waals surface area (Å²) in [5.74, 6) is -0.502. The van der Waals surface area contributed by atoms with E-state index in [-0.39, 0.29) is 29.8 Å². The van der Waals surface area contributed by atoms with Crippen LogP contribution in [0.3, 0.4) is 0 Å². The van der Waals surface area contributed by atoms with E-state index in [0.29, 0.717) is 35.5 Å². The van der Waals surface area contributed by atoms with E-state index in [2.05, 4.69) is 20.6 Å². The Morgan fingerprint density at radius 2 is 1.88 bits per heavy atom. The van der Waals surface area contributed by atoms with Crippen LogP contribution in [0.4, 0.5) is 11.5 Å². The van der Waals surface area contributed by atoms with Crippen LogP contribution >= 0.6 is 0 Å². The number of ketones is 2. The molecule has 1 amide bonds. The molecule has 1 heterocycles. The van der Waals surface area contributed by atoms with Crippen molar-refractivity contribution in [3.63, 3.8) is 0 Å². The lowest BCUT2D eigenvalue weighted by Crippen LogP contribution is -2.20. The number of carbonyl (C=O) groups is 3. The third kappa shape index (κ3) is 7.17. The number of benzene rings is 2. The highest BCUT2D eigenvalue weighted by Gasteiger charge is 2.23. The molecule has 0 radical (unpaired) electrons. The maximum Gasteiger partial charge on any atom is 0.248 e. The van der Waals surface area contributed by atoms with E-state index in [9.17, 15) is 14.4 Å². The minimum absolute atomic E-state index is 0.0294. The second-order valence-electron chi connectivity index (χ2n) is 9.37. The van der Waals surface area contributed by atoms with Crippen LogP contribution in [0.2, 0.25) is 0 Å². The van der Waals surface area contributed by atoms with Crippen molar-refractivity contribution in [2.75, 3.05) is 37.9 Å². The lowest BCUT2D eigenvalue weighted by atomic mass is 10.1. The van der Waals surface area contributed by atoms with Crippen molar-refractivity contribution in [1.29, 1.82) is 0 Å². The Morgan fingerprint density at radius 1 is 1.05 bits per heavy atom. The van der Waals surface area contributed by atoms with Gasteiger partial charge < -0.3 is 25.0 Å². The molecule has 1 aliphatic carbocycles. The van der Waals surface area contributed by atoms with Crippen molar-refractivity contribution in [2.45, 2.75) is 20.5 Å². The number of nitrogens with one attached hydrogen (secondary N) is 2. The van der Waals surface area contributed by atoms with Crippen LogP contribution in [-0.2, 0) is 25.7 Å². The molecule has 3 aromatic rings. The van der Waals surface area contributed by atoms with Crippen LogP contribution in [0.15, 0.2) is 78.5 Å². The van der Waals surface area contributed by atoms with Crippen LogP contribution in [0, 0.1) is 6.92 Å². The molecule has 40 heavy (non-hydrogen) atoms. The summed E-state index contributed by atoms with van der Waals surface area (Å²) in [6.07, 6.45) is 6.89. The first kappa shape index (κ1) is 28.2. The Hall–Kier alpha value is -4.83. The molecule has 1 aromatic heterocycles. The minimum Gasteiger partial charge on any atom is -0.492 e. The quantitative estimate of drug-likeness (QED) is 0.274.